The van der Waals surface area contributed by atoms with E-state index in [9.17, 15) is 0 Å². The maximum Gasteiger partial charge on any atom is 2.00 e. The predicted octanol–water partition coefficient (Wildman–Crippen LogP) is -4.33. The van der Waals surface area contributed by atoms with Gasteiger partial charge in [0.1, 0.15) is 0 Å². The molecule has 0 aliphatic rings. The maximum absolute atomic E-state index is 8.52. The fraction of sp³-hybridized carbons (Fsp3) is 0. The Hall–Kier alpha value is 0.660. The second-order valence-electron chi connectivity index (χ2n) is 0.816. The molecule has 0 bridgehead atoms. The zero-order chi connectivity index (χ0) is 9.00. The van der Waals surface area contributed by atoms with Crippen LogP contribution in [0.4, 0.5) is 0 Å². The van der Waals surface area contributed by atoms with E-state index in [0.717, 1.165) is 0 Å². The topological polar surface area (TPSA) is 224 Å². The minimum Gasteiger partial charge on any atom is -0.759 e. The van der Waals surface area contributed by atoms with Crippen LogP contribution in [-0.4, -0.2) is 46.0 Å². The Morgan fingerprint density at radius 1 is 0.643 bits per heavy atom. The molecule has 1 radical (unpaired) electrons. The van der Waals surface area contributed by atoms with E-state index in [0.29, 0.717) is 0 Å². The largest absolute Gasteiger partial charge is 2.00 e. The van der Waals surface area contributed by atoms with Crippen LogP contribution in [-0.2, 0) is 54.1 Å². The molecule has 4 N–H and O–H groups in total. The summed E-state index contributed by atoms with van der Waals surface area (Å²) in [6.07, 6.45) is 0. The SMILES string of the molecule is O.O.O=S(=O)([O-])[O-].O=S(=O)([O-])[O-].[Co+2].[Ni+2]. The van der Waals surface area contributed by atoms with Crippen LogP contribution in [0.2, 0.25) is 0 Å². The molecule has 0 saturated heterocycles. The first-order chi connectivity index (χ1) is 4.00. The van der Waals surface area contributed by atoms with Gasteiger partial charge in [-0.15, -0.1) is 0 Å². The second-order valence-corrected chi connectivity index (χ2v) is 2.45. The summed E-state index contributed by atoms with van der Waals surface area (Å²) in [4.78, 5) is 0. The Morgan fingerprint density at radius 2 is 0.643 bits per heavy atom. The van der Waals surface area contributed by atoms with E-state index in [-0.39, 0.29) is 44.2 Å². The van der Waals surface area contributed by atoms with Crippen LogP contribution in [0.3, 0.4) is 0 Å². The zero-order valence-corrected chi connectivity index (χ0v) is 9.39. The first kappa shape index (κ1) is 36.5. The summed E-state index contributed by atoms with van der Waals surface area (Å²) in [6.45, 7) is 0. The van der Waals surface area contributed by atoms with Crippen molar-refractivity contribution in [3.8, 4) is 0 Å². The van der Waals surface area contributed by atoms with Crippen LogP contribution in [0.15, 0.2) is 0 Å². The smallest absolute Gasteiger partial charge is 0.759 e. The summed E-state index contributed by atoms with van der Waals surface area (Å²) in [5.74, 6) is 0. The Kier molecular flexibility index (Phi) is 35.6. The van der Waals surface area contributed by atoms with E-state index in [1.165, 1.54) is 0 Å². The first-order valence-electron chi connectivity index (χ1n) is 1.33. The minimum atomic E-state index is -5.17. The monoisotopic (exact) mass is 345 g/mol. The molecule has 0 aromatic heterocycles. The molecular weight excluding hydrogens is 342 g/mol. The van der Waals surface area contributed by atoms with Crippen molar-refractivity contribution in [2.75, 3.05) is 0 Å². The van der Waals surface area contributed by atoms with E-state index < -0.39 is 20.8 Å². The quantitative estimate of drug-likeness (QED) is 0.236. The van der Waals surface area contributed by atoms with E-state index >= 15 is 0 Å². The second kappa shape index (κ2) is 13.7. The van der Waals surface area contributed by atoms with Crippen LogP contribution in [0, 0.1) is 0 Å². The van der Waals surface area contributed by atoms with Crippen molar-refractivity contribution >= 4 is 20.8 Å². The van der Waals surface area contributed by atoms with Gasteiger partial charge in [0.2, 0.25) is 0 Å². The van der Waals surface area contributed by atoms with Gasteiger partial charge in [0.25, 0.3) is 0 Å². The van der Waals surface area contributed by atoms with Crippen LogP contribution >= 0.6 is 0 Å². The molecule has 0 aliphatic heterocycles. The van der Waals surface area contributed by atoms with Gasteiger partial charge in [0, 0.05) is 20.8 Å². The molecule has 0 amide bonds. The predicted molar refractivity (Wildman–Crippen MR) is 28.2 cm³/mol. The Balaban J connectivity index is -0.0000000178. The van der Waals surface area contributed by atoms with Crippen LogP contribution in [0.5, 0.6) is 0 Å². The van der Waals surface area contributed by atoms with Gasteiger partial charge in [-0.1, -0.05) is 0 Å². The Morgan fingerprint density at radius 3 is 0.643 bits per heavy atom. The first-order valence-corrected chi connectivity index (χ1v) is 4.00. The summed E-state index contributed by atoms with van der Waals surface area (Å²) >= 11 is 0. The fourth-order valence-electron chi connectivity index (χ4n) is 0. The van der Waals surface area contributed by atoms with Gasteiger partial charge in [0.05, 0.1) is 0 Å². The molecule has 0 heterocycles. The van der Waals surface area contributed by atoms with E-state index in [1.54, 1.807) is 0 Å². The number of rotatable bonds is 0. The molecule has 0 aromatic carbocycles. The molecule has 0 atom stereocenters. The molecule has 0 fully saturated rings. The zero-order valence-electron chi connectivity index (χ0n) is 5.73. The molecule has 10 nitrogen and oxygen atoms in total. The number of hydrogen-bond acceptors (Lipinski definition) is 8. The van der Waals surface area contributed by atoms with Gasteiger partial charge in [0.15, 0.2) is 0 Å². The molecule has 0 spiro atoms. The van der Waals surface area contributed by atoms with Gasteiger partial charge >= 0.3 is 33.3 Å². The molecule has 0 rings (SSSR count). The fourth-order valence-corrected chi connectivity index (χ4v) is 0. The third-order valence-corrected chi connectivity index (χ3v) is 0. The van der Waals surface area contributed by atoms with Crippen molar-refractivity contribution < 1.29 is 79.3 Å². The van der Waals surface area contributed by atoms with Crippen LogP contribution in [0.25, 0.3) is 0 Å². The summed E-state index contributed by atoms with van der Waals surface area (Å²) < 4.78 is 68.2. The average Bonchev–Trinajstić information content (AvgIpc) is 1.12. The summed E-state index contributed by atoms with van der Waals surface area (Å²) in [6, 6.07) is 0. The molecule has 95 valence electrons. The Labute approximate surface area is 100.0 Å². The van der Waals surface area contributed by atoms with Gasteiger partial charge in [-0.05, 0) is 0 Å². The van der Waals surface area contributed by atoms with Gasteiger partial charge < -0.3 is 29.2 Å². The summed E-state index contributed by atoms with van der Waals surface area (Å²) in [5.41, 5.74) is 0. The van der Waals surface area contributed by atoms with Crippen molar-refractivity contribution in [3.05, 3.63) is 0 Å². The van der Waals surface area contributed by atoms with E-state index in [4.69, 9.17) is 35.0 Å². The van der Waals surface area contributed by atoms with Crippen molar-refractivity contribution in [2.45, 2.75) is 0 Å². The molecular formula is H4CoNiO10S2. The maximum atomic E-state index is 8.52. The third kappa shape index (κ3) is 3950. The minimum absolute atomic E-state index is 0. The normalized spacial score (nSPS) is 8.29. The van der Waals surface area contributed by atoms with E-state index in [2.05, 4.69) is 0 Å². The molecule has 14 heavy (non-hydrogen) atoms. The molecule has 0 unspecified atom stereocenters. The molecule has 0 aliphatic carbocycles. The van der Waals surface area contributed by atoms with Crippen molar-refractivity contribution in [1.82, 2.24) is 0 Å². The van der Waals surface area contributed by atoms with Gasteiger partial charge in [-0.3, -0.25) is 16.8 Å². The summed E-state index contributed by atoms with van der Waals surface area (Å²) in [7, 11) is -10.3. The van der Waals surface area contributed by atoms with Crippen LogP contribution < -0.4 is 0 Å². The third-order valence-electron chi connectivity index (χ3n) is 0. The van der Waals surface area contributed by atoms with Crippen molar-refractivity contribution in [3.63, 3.8) is 0 Å². The van der Waals surface area contributed by atoms with Crippen molar-refractivity contribution in [1.29, 1.82) is 0 Å². The Bertz CT molecular complexity index is 214. The molecule has 0 aromatic rings. The molecule has 14 heteroatoms. The standard InChI is InChI=1S/Co.Ni.2H2O4S.2H2O/c;;2*1-5(2,3)4;;/h;;2*(H2,1,2,3,4);2*1H2/q2*+2;;;;/p-4. The van der Waals surface area contributed by atoms with Crippen molar-refractivity contribution in [2.24, 2.45) is 0 Å². The van der Waals surface area contributed by atoms with E-state index in [1.807, 2.05) is 0 Å². The summed E-state index contributed by atoms with van der Waals surface area (Å²) in [5, 5.41) is 0. The van der Waals surface area contributed by atoms with Crippen LogP contribution in [0.1, 0.15) is 0 Å². The van der Waals surface area contributed by atoms with Gasteiger partial charge in [-0.25, -0.2) is 0 Å². The molecule has 0 saturated carbocycles. The number of hydrogen-bond donors (Lipinski definition) is 0. The van der Waals surface area contributed by atoms with Gasteiger partial charge in [-0.2, -0.15) is 0 Å². The average molecular weight is 346 g/mol.